The van der Waals surface area contributed by atoms with E-state index in [9.17, 15) is 0 Å². The van der Waals surface area contributed by atoms with Gasteiger partial charge >= 0.3 is 62.5 Å². The van der Waals surface area contributed by atoms with Crippen molar-refractivity contribution < 1.29 is 39.6 Å². The molecule has 0 saturated heterocycles. The Bertz CT molecular complexity index is 98.1. The summed E-state index contributed by atoms with van der Waals surface area (Å²) < 4.78 is 8.88. The van der Waals surface area contributed by atoms with Gasteiger partial charge in [0.05, 0.1) is 0 Å². The first-order valence-electron chi connectivity index (χ1n) is 1.38. The summed E-state index contributed by atoms with van der Waals surface area (Å²) in [5, 5.41) is 0. The Kier molecular flexibility index (Phi) is 25.1. The van der Waals surface area contributed by atoms with E-state index in [2.05, 4.69) is 0 Å². The van der Waals surface area contributed by atoms with Crippen LogP contribution >= 0.6 is 16.4 Å². The number of phosphoric acid groups is 1. The molecule has 0 fully saturated rings. The summed E-state index contributed by atoms with van der Waals surface area (Å²) in [5.74, 6) is 0. The third kappa shape index (κ3) is 311. The fourth-order valence-electron chi connectivity index (χ4n) is 0. The summed E-state index contributed by atoms with van der Waals surface area (Å²) in [6, 6.07) is 0. The van der Waals surface area contributed by atoms with Gasteiger partial charge in [0, 0.05) is 0 Å². The van der Waals surface area contributed by atoms with E-state index in [0.29, 0.717) is 0 Å². The van der Waals surface area contributed by atoms with E-state index in [0.717, 1.165) is 0 Å². The third-order valence-electron chi connectivity index (χ3n) is 0. The van der Waals surface area contributed by atoms with Gasteiger partial charge in [0.1, 0.15) is 0 Å². The van der Waals surface area contributed by atoms with E-state index in [1.807, 2.05) is 0 Å². The van der Waals surface area contributed by atoms with Crippen molar-refractivity contribution in [2.24, 2.45) is 0 Å². The van der Waals surface area contributed by atoms with Crippen LogP contribution < -0.4 is 0 Å². The zero-order valence-electron chi connectivity index (χ0n) is 9.40. The predicted molar refractivity (Wildman–Crippen MR) is 43.8 cm³/mol. The molecular formula is H10Mg2O7P2. The normalized spacial score (nSPS) is 8.64. The van der Waals surface area contributed by atoms with Crippen molar-refractivity contribution in [3.63, 3.8) is 0 Å². The third-order valence-corrected chi connectivity index (χ3v) is 0. The molecule has 0 aromatic heterocycles. The molecule has 0 rings (SSSR count). The molecular weight excluding hydrogens is 223 g/mol. The fourth-order valence-corrected chi connectivity index (χ4v) is 0. The first-order chi connectivity index (χ1) is 3.73. The predicted octanol–water partition coefficient (Wildman–Crippen LogP) is -2.05. The first kappa shape index (κ1) is 23.1. The fraction of sp³-hybridized carbons (Fsp3) is 0. The monoisotopic (exact) mass is 232 g/mol. The molecule has 7 nitrogen and oxygen atoms in total. The molecule has 0 radical (unpaired) electrons. The molecule has 0 aliphatic carbocycles. The molecule has 0 aromatic rings. The van der Waals surface area contributed by atoms with Crippen molar-refractivity contribution in [1.82, 2.24) is 0 Å². The second-order valence-corrected chi connectivity index (χ2v) is 2.34. The number of hydrogen-bond acceptors (Lipinski definition) is 4. The van der Waals surface area contributed by atoms with Crippen LogP contribution in [-0.4, -0.2) is 75.5 Å². The van der Waals surface area contributed by atoms with Gasteiger partial charge in [-0.3, -0.25) is 0 Å². The van der Waals surface area contributed by atoms with E-state index in [1.54, 1.807) is 0 Å². The molecule has 0 atom stereocenters. The van der Waals surface area contributed by atoms with Crippen LogP contribution in [-0.2, 0) is 4.57 Å². The van der Waals surface area contributed by atoms with Gasteiger partial charge in [0.25, 0.3) is 0 Å². The van der Waals surface area contributed by atoms with E-state index < -0.39 is 16.4 Å². The van der Waals surface area contributed by atoms with Crippen LogP contribution in [0.25, 0.3) is 0 Å². The van der Waals surface area contributed by atoms with Gasteiger partial charge in [-0.15, -0.1) is 0 Å². The molecule has 0 spiro atoms. The zero-order chi connectivity index (χ0) is 8.08. The molecule has 11 heteroatoms. The van der Waals surface area contributed by atoms with Gasteiger partial charge in [0.2, 0.25) is 0 Å². The summed E-state index contributed by atoms with van der Waals surface area (Å²) in [6.07, 6.45) is 0. The van der Waals surface area contributed by atoms with Crippen molar-refractivity contribution in [2.45, 2.75) is 0 Å². The summed E-state index contributed by atoms with van der Waals surface area (Å²) in [4.78, 5) is 43.3. The number of rotatable bonds is 0. The molecule has 0 saturated carbocycles. The molecule has 66 valence electrons. The van der Waals surface area contributed by atoms with E-state index in [4.69, 9.17) is 33.9 Å². The minimum absolute atomic E-state index is 0. The Balaban J connectivity index is -0.00000000785. The van der Waals surface area contributed by atoms with Crippen molar-refractivity contribution in [3.8, 4) is 0 Å². The standard InChI is InChI=1S/2Mg.H3O4P.H3O3P.4H/c;;1-5(2,3)4;1-4(2)3;;;;/h;;(H3,1,2,3,4);1-3H;;;;/q2*+2;;;4*-1. The van der Waals surface area contributed by atoms with Crippen molar-refractivity contribution in [1.29, 1.82) is 0 Å². The summed E-state index contributed by atoms with van der Waals surface area (Å²) >= 11 is 0. The maximum absolute atomic E-state index is 8.88. The van der Waals surface area contributed by atoms with Crippen LogP contribution in [0, 0.1) is 0 Å². The van der Waals surface area contributed by atoms with Gasteiger partial charge in [-0.25, -0.2) is 4.57 Å². The molecule has 0 aliphatic heterocycles. The van der Waals surface area contributed by atoms with Gasteiger partial charge in [-0.2, -0.15) is 0 Å². The topological polar surface area (TPSA) is 138 Å². The molecule has 6 N–H and O–H groups in total. The van der Waals surface area contributed by atoms with Gasteiger partial charge < -0.3 is 35.1 Å². The van der Waals surface area contributed by atoms with Crippen LogP contribution in [0.4, 0.5) is 0 Å². The van der Waals surface area contributed by atoms with Crippen LogP contribution in [0.1, 0.15) is 5.71 Å². The van der Waals surface area contributed by atoms with Crippen molar-refractivity contribution >= 4 is 62.5 Å². The van der Waals surface area contributed by atoms with Crippen molar-refractivity contribution in [2.75, 3.05) is 0 Å². The molecule has 0 amide bonds. The maximum Gasteiger partial charge on any atom is 2.00 e. The van der Waals surface area contributed by atoms with E-state index in [1.165, 1.54) is 0 Å². The largest absolute Gasteiger partial charge is 2.00 e. The molecule has 0 heterocycles. The maximum atomic E-state index is 8.88. The van der Waals surface area contributed by atoms with Crippen LogP contribution in [0.2, 0.25) is 0 Å². The molecule has 0 unspecified atom stereocenters. The van der Waals surface area contributed by atoms with Crippen LogP contribution in [0.15, 0.2) is 0 Å². The summed E-state index contributed by atoms with van der Waals surface area (Å²) in [7, 11) is -7.26. The SMILES string of the molecule is O=P(O)(O)O.OP(O)O.[H-].[H-].[H-].[H-].[Mg+2].[Mg+2]. The molecule has 0 aliphatic rings. The minimum atomic E-state index is -4.64. The Morgan fingerprint density at radius 3 is 1.00 bits per heavy atom. The van der Waals surface area contributed by atoms with E-state index >= 15 is 0 Å². The van der Waals surface area contributed by atoms with Crippen LogP contribution in [0.5, 0.6) is 0 Å². The minimum Gasteiger partial charge on any atom is -1.00 e. The Morgan fingerprint density at radius 1 is 1.00 bits per heavy atom. The number of hydrogen-bond donors (Lipinski definition) is 6. The summed E-state index contributed by atoms with van der Waals surface area (Å²) in [6.45, 7) is 0. The molecule has 0 bridgehead atoms. The second kappa shape index (κ2) is 12.0. The van der Waals surface area contributed by atoms with Crippen molar-refractivity contribution in [3.05, 3.63) is 0 Å². The van der Waals surface area contributed by atoms with Gasteiger partial charge in [0.15, 0.2) is 0 Å². The van der Waals surface area contributed by atoms with Gasteiger partial charge in [-0.1, -0.05) is 0 Å². The average Bonchev–Trinajstić information content (AvgIpc) is 1.19. The Labute approximate surface area is 102 Å². The average molecular weight is 233 g/mol. The smallest absolute Gasteiger partial charge is 1.00 e. The van der Waals surface area contributed by atoms with E-state index in [-0.39, 0.29) is 51.8 Å². The molecule has 11 heavy (non-hydrogen) atoms. The quantitative estimate of drug-likeness (QED) is 0.209. The van der Waals surface area contributed by atoms with Crippen LogP contribution in [0.3, 0.4) is 0 Å². The Hall–Kier alpha value is 1.95. The Morgan fingerprint density at radius 2 is 1.00 bits per heavy atom. The van der Waals surface area contributed by atoms with Gasteiger partial charge in [-0.05, 0) is 0 Å². The zero-order valence-corrected chi connectivity index (χ0v) is 10.0. The summed E-state index contributed by atoms with van der Waals surface area (Å²) in [5.41, 5.74) is 0. The first-order valence-corrected chi connectivity index (χ1v) is 4.15. The second-order valence-electron chi connectivity index (χ2n) is 0.782. The molecule has 0 aromatic carbocycles.